The number of sulfone groups is 1. The molecule has 4 nitrogen and oxygen atoms in total. The molecule has 1 aromatic rings. The predicted octanol–water partition coefficient (Wildman–Crippen LogP) is 3.20. The summed E-state index contributed by atoms with van der Waals surface area (Å²) in [5, 5.41) is 0. The zero-order valence-electron chi connectivity index (χ0n) is 15.2. The Bertz CT molecular complexity index is 755. The van der Waals surface area contributed by atoms with Crippen molar-refractivity contribution in [2.75, 3.05) is 18.1 Å². The van der Waals surface area contributed by atoms with Gasteiger partial charge in [-0.2, -0.15) is 0 Å². The van der Waals surface area contributed by atoms with Crippen LogP contribution in [0, 0.1) is 0 Å². The van der Waals surface area contributed by atoms with E-state index in [1.165, 1.54) is 11.6 Å². The molecule has 1 heterocycles. The summed E-state index contributed by atoms with van der Waals surface area (Å²) in [5.41, 5.74) is 2.27. The van der Waals surface area contributed by atoms with E-state index in [1.54, 1.807) is 17.1 Å². The highest BCUT2D eigenvalue weighted by molar-refractivity contribution is 7.91. The molecule has 0 saturated carbocycles. The number of carbonyl (C=O) groups is 1. The van der Waals surface area contributed by atoms with Gasteiger partial charge in [0.1, 0.15) is 0 Å². The Kier molecular flexibility index (Phi) is 5.88. The summed E-state index contributed by atoms with van der Waals surface area (Å²) < 4.78 is 23.4. The lowest BCUT2D eigenvalue weighted by Crippen LogP contribution is -2.40. The molecule has 1 aliphatic heterocycles. The summed E-state index contributed by atoms with van der Waals surface area (Å²) in [4.78, 5) is 14.1. The first-order valence-corrected chi connectivity index (χ1v) is 10.3. The molecule has 1 unspecified atom stereocenters. The summed E-state index contributed by atoms with van der Waals surface area (Å²) in [6.07, 6.45) is 5.42. The van der Waals surface area contributed by atoms with Gasteiger partial charge in [0.2, 0.25) is 5.91 Å². The van der Waals surface area contributed by atoms with Gasteiger partial charge in [-0.25, -0.2) is 8.42 Å². The monoisotopic (exact) mass is 361 g/mol. The van der Waals surface area contributed by atoms with Crippen molar-refractivity contribution in [2.45, 2.75) is 38.6 Å². The molecule has 2 rings (SSSR count). The Morgan fingerprint density at radius 1 is 1.28 bits per heavy atom. The molecule has 0 spiro atoms. The molecule has 1 aliphatic rings. The molecule has 1 saturated heterocycles. The number of hydrogen-bond acceptors (Lipinski definition) is 3. The van der Waals surface area contributed by atoms with Crippen LogP contribution in [-0.2, 0) is 20.0 Å². The number of rotatable bonds is 5. The highest BCUT2D eigenvalue weighted by Crippen LogP contribution is 2.23. The minimum Gasteiger partial charge on any atom is -0.331 e. The van der Waals surface area contributed by atoms with Crippen molar-refractivity contribution in [3.63, 3.8) is 0 Å². The number of amides is 1. The van der Waals surface area contributed by atoms with Crippen LogP contribution in [0.4, 0.5) is 0 Å². The maximum absolute atomic E-state index is 12.5. The first-order valence-electron chi connectivity index (χ1n) is 8.53. The predicted molar refractivity (Wildman–Crippen MR) is 103 cm³/mol. The van der Waals surface area contributed by atoms with Crippen LogP contribution in [0.5, 0.6) is 0 Å². The molecule has 1 amide bonds. The SMILES string of the molecule is C=CCN(C(=O)/C=C/c1ccc(C(C)(C)C)cc1)C1CCS(=O)(=O)C1. The van der Waals surface area contributed by atoms with Crippen molar-refractivity contribution in [3.05, 3.63) is 54.1 Å². The standard InChI is InChI=1S/C20H27NO3S/c1-5-13-21(18-12-14-25(23,24)15-18)19(22)11-8-16-6-9-17(10-7-16)20(2,3)4/h5-11,18H,1,12-15H2,2-4H3/b11-8+. The van der Waals surface area contributed by atoms with Gasteiger partial charge in [-0.15, -0.1) is 6.58 Å². The van der Waals surface area contributed by atoms with Gasteiger partial charge in [0, 0.05) is 18.7 Å². The van der Waals surface area contributed by atoms with Crippen LogP contribution in [0.1, 0.15) is 38.3 Å². The molecule has 0 radical (unpaired) electrons. The zero-order valence-corrected chi connectivity index (χ0v) is 16.1. The highest BCUT2D eigenvalue weighted by Gasteiger charge is 2.33. The van der Waals surface area contributed by atoms with Gasteiger partial charge in [-0.1, -0.05) is 51.1 Å². The van der Waals surface area contributed by atoms with E-state index in [0.717, 1.165) is 5.56 Å². The molecular weight excluding hydrogens is 334 g/mol. The molecule has 1 fully saturated rings. The van der Waals surface area contributed by atoms with E-state index < -0.39 is 9.84 Å². The fourth-order valence-corrected chi connectivity index (χ4v) is 4.67. The van der Waals surface area contributed by atoms with Crippen molar-refractivity contribution in [3.8, 4) is 0 Å². The van der Waals surface area contributed by atoms with Crippen LogP contribution < -0.4 is 0 Å². The molecule has 25 heavy (non-hydrogen) atoms. The minimum atomic E-state index is -3.03. The van der Waals surface area contributed by atoms with Gasteiger partial charge >= 0.3 is 0 Å². The van der Waals surface area contributed by atoms with Gasteiger partial charge < -0.3 is 4.90 Å². The summed E-state index contributed by atoms with van der Waals surface area (Å²) in [6.45, 7) is 10.5. The highest BCUT2D eigenvalue weighted by atomic mass is 32.2. The molecule has 0 bridgehead atoms. The lowest BCUT2D eigenvalue weighted by atomic mass is 9.87. The third-order valence-corrected chi connectivity index (χ3v) is 6.20. The Balaban J connectivity index is 2.10. The van der Waals surface area contributed by atoms with Crippen LogP contribution in [-0.4, -0.2) is 43.3 Å². The number of benzene rings is 1. The molecule has 136 valence electrons. The largest absolute Gasteiger partial charge is 0.331 e. The lowest BCUT2D eigenvalue weighted by Gasteiger charge is -2.25. The van der Waals surface area contributed by atoms with Gasteiger partial charge in [-0.05, 0) is 29.0 Å². The number of carbonyl (C=O) groups excluding carboxylic acids is 1. The van der Waals surface area contributed by atoms with Crippen LogP contribution in [0.3, 0.4) is 0 Å². The van der Waals surface area contributed by atoms with E-state index in [2.05, 4.69) is 39.5 Å². The fourth-order valence-electron chi connectivity index (χ4n) is 2.94. The van der Waals surface area contributed by atoms with Crippen molar-refractivity contribution in [2.24, 2.45) is 0 Å². The normalized spacial score (nSPS) is 19.9. The van der Waals surface area contributed by atoms with E-state index >= 15 is 0 Å². The number of hydrogen-bond donors (Lipinski definition) is 0. The van der Waals surface area contributed by atoms with Gasteiger partial charge in [0.25, 0.3) is 0 Å². The average Bonchev–Trinajstić information content (AvgIpc) is 2.89. The second kappa shape index (κ2) is 7.56. The van der Waals surface area contributed by atoms with Crippen LogP contribution >= 0.6 is 0 Å². The van der Waals surface area contributed by atoms with E-state index in [0.29, 0.717) is 13.0 Å². The van der Waals surface area contributed by atoms with Crippen molar-refractivity contribution >= 4 is 21.8 Å². The quantitative estimate of drug-likeness (QED) is 0.598. The number of nitrogens with zero attached hydrogens (tertiary/aromatic N) is 1. The van der Waals surface area contributed by atoms with Crippen LogP contribution in [0.15, 0.2) is 43.0 Å². The van der Waals surface area contributed by atoms with Crippen molar-refractivity contribution in [1.82, 2.24) is 4.90 Å². The average molecular weight is 362 g/mol. The Morgan fingerprint density at radius 2 is 1.92 bits per heavy atom. The molecule has 1 atom stereocenters. The third kappa shape index (κ3) is 5.30. The molecule has 0 aliphatic carbocycles. The van der Waals surface area contributed by atoms with E-state index in [-0.39, 0.29) is 28.9 Å². The molecule has 5 heteroatoms. The van der Waals surface area contributed by atoms with E-state index in [9.17, 15) is 13.2 Å². The first-order chi connectivity index (χ1) is 11.6. The van der Waals surface area contributed by atoms with E-state index in [4.69, 9.17) is 0 Å². The lowest BCUT2D eigenvalue weighted by molar-refractivity contribution is -0.127. The van der Waals surface area contributed by atoms with Gasteiger partial charge in [0.05, 0.1) is 11.5 Å². The molecule has 0 aromatic heterocycles. The molecule has 0 N–H and O–H groups in total. The maximum atomic E-state index is 12.5. The summed E-state index contributed by atoms with van der Waals surface area (Å²) in [5.74, 6) is 0.0129. The molecule has 1 aromatic carbocycles. The summed E-state index contributed by atoms with van der Waals surface area (Å²) in [7, 11) is -3.03. The summed E-state index contributed by atoms with van der Waals surface area (Å²) >= 11 is 0. The minimum absolute atomic E-state index is 0.0424. The first kappa shape index (κ1) is 19.4. The smallest absolute Gasteiger partial charge is 0.247 e. The van der Waals surface area contributed by atoms with Crippen molar-refractivity contribution in [1.29, 1.82) is 0 Å². The molecular formula is C20H27NO3S. The maximum Gasteiger partial charge on any atom is 0.247 e. The van der Waals surface area contributed by atoms with Crippen LogP contribution in [0.25, 0.3) is 6.08 Å². The Morgan fingerprint density at radius 3 is 2.40 bits per heavy atom. The zero-order chi connectivity index (χ0) is 18.7. The van der Waals surface area contributed by atoms with Crippen molar-refractivity contribution < 1.29 is 13.2 Å². The fraction of sp³-hybridized carbons (Fsp3) is 0.450. The second-order valence-electron chi connectivity index (χ2n) is 7.54. The second-order valence-corrected chi connectivity index (χ2v) is 9.77. The Hall–Kier alpha value is -1.88. The Labute approximate surface area is 151 Å². The van der Waals surface area contributed by atoms with E-state index in [1.807, 2.05) is 12.1 Å². The van der Waals surface area contributed by atoms with Gasteiger partial charge in [-0.3, -0.25) is 4.79 Å². The summed E-state index contributed by atoms with van der Waals surface area (Å²) in [6, 6.07) is 7.85. The van der Waals surface area contributed by atoms with Gasteiger partial charge in [0.15, 0.2) is 9.84 Å². The topological polar surface area (TPSA) is 54.5 Å². The van der Waals surface area contributed by atoms with Crippen LogP contribution in [0.2, 0.25) is 0 Å². The third-order valence-electron chi connectivity index (χ3n) is 4.45.